The summed E-state index contributed by atoms with van der Waals surface area (Å²) in [5.74, 6) is 0.467. The second kappa shape index (κ2) is 8.53. The van der Waals surface area contributed by atoms with Crippen molar-refractivity contribution in [2.24, 2.45) is 0 Å². The molecule has 0 aromatic heterocycles. The van der Waals surface area contributed by atoms with Gasteiger partial charge in [0.25, 0.3) is 5.91 Å². The summed E-state index contributed by atoms with van der Waals surface area (Å²) >= 11 is 0. The van der Waals surface area contributed by atoms with E-state index in [2.05, 4.69) is 5.32 Å². The van der Waals surface area contributed by atoms with Crippen molar-refractivity contribution >= 4 is 15.9 Å². The number of ether oxygens (including phenoxy) is 2. The van der Waals surface area contributed by atoms with Crippen LogP contribution < -0.4 is 14.8 Å². The van der Waals surface area contributed by atoms with E-state index in [4.69, 9.17) is 9.47 Å². The van der Waals surface area contributed by atoms with Crippen LogP contribution in [-0.4, -0.2) is 58.2 Å². The minimum Gasteiger partial charge on any atom is -0.496 e. The van der Waals surface area contributed by atoms with E-state index in [9.17, 15) is 13.2 Å². The molecule has 0 aliphatic heterocycles. The second-order valence-corrected chi connectivity index (χ2v) is 8.04. The van der Waals surface area contributed by atoms with Gasteiger partial charge in [-0.3, -0.25) is 4.79 Å². The Labute approximate surface area is 149 Å². The number of carbonyl (C=O) groups is 1. The van der Waals surface area contributed by atoms with E-state index in [-0.39, 0.29) is 25.0 Å². The van der Waals surface area contributed by atoms with Crippen LogP contribution in [0, 0.1) is 0 Å². The van der Waals surface area contributed by atoms with Crippen molar-refractivity contribution in [1.29, 1.82) is 0 Å². The third-order valence-corrected chi connectivity index (χ3v) is 5.76. The summed E-state index contributed by atoms with van der Waals surface area (Å²) in [5.41, 5.74) is 0.305. The molecule has 7 nitrogen and oxygen atoms in total. The summed E-state index contributed by atoms with van der Waals surface area (Å²) < 4.78 is 36.0. The molecule has 0 spiro atoms. The molecule has 0 bridgehead atoms. The molecule has 1 aliphatic rings. The van der Waals surface area contributed by atoms with Gasteiger partial charge in [-0.1, -0.05) is 18.9 Å². The molecule has 1 aromatic rings. The molecular formula is C17H26N2O5S. The fourth-order valence-electron chi connectivity index (χ4n) is 3.25. The topological polar surface area (TPSA) is 84.9 Å². The van der Waals surface area contributed by atoms with Gasteiger partial charge >= 0.3 is 0 Å². The van der Waals surface area contributed by atoms with Crippen molar-refractivity contribution in [1.82, 2.24) is 9.62 Å². The molecule has 0 unspecified atom stereocenters. The number of benzene rings is 1. The lowest BCUT2D eigenvalue weighted by Crippen LogP contribution is -2.43. The molecule has 0 saturated heterocycles. The highest BCUT2D eigenvalue weighted by Crippen LogP contribution is 2.28. The van der Waals surface area contributed by atoms with Gasteiger partial charge in [-0.2, -0.15) is 4.31 Å². The van der Waals surface area contributed by atoms with Gasteiger partial charge in [0.15, 0.2) is 0 Å². The molecule has 1 aliphatic carbocycles. The number of amides is 1. The first-order chi connectivity index (χ1) is 11.9. The molecule has 1 fully saturated rings. The van der Waals surface area contributed by atoms with Gasteiger partial charge in [0.05, 0.1) is 20.5 Å². The summed E-state index contributed by atoms with van der Waals surface area (Å²) in [4.78, 5) is 12.5. The molecule has 8 heteroatoms. The first-order valence-corrected chi connectivity index (χ1v) is 10.2. The van der Waals surface area contributed by atoms with E-state index in [0.29, 0.717) is 17.1 Å². The maximum absolute atomic E-state index is 12.5. The quantitative estimate of drug-likeness (QED) is 0.752. The van der Waals surface area contributed by atoms with Crippen LogP contribution in [0.25, 0.3) is 0 Å². The molecule has 25 heavy (non-hydrogen) atoms. The standard InChI is InChI=1S/C17H26N2O5S/c1-23-14-9-6-10-15(24-2)16(14)17(20)18-11-12-19(25(3,21)22)13-7-4-5-8-13/h6,9-10,13H,4-5,7-8,11-12H2,1-3H3,(H,18,20). The predicted molar refractivity (Wildman–Crippen MR) is 95.7 cm³/mol. The maximum Gasteiger partial charge on any atom is 0.258 e. The van der Waals surface area contributed by atoms with Crippen LogP contribution in [-0.2, 0) is 10.0 Å². The SMILES string of the molecule is COc1cccc(OC)c1C(=O)NCCN(C1CCCC1)S(C)(=O)=O. The van der Waals surface area contributed by atoms with E-state index < -0.39 is 10.0 Å². The van der Waals surface area contributed by atoms with Crippen LogP contribution in [0.4, 0.5) is 0 Å². The largest absolute Gasteiger partial charge is 0.496 e. The highest BCUT2D eigenvalue weighted by molar-refractivity contribution is 7.88. The molecule has 1 amide bonds. The molecular weight excluding hydrogens is 344 g/mol. The van der Waals surface area contributed by atoms with Gasteiger partial charge < -0.3 is 14.8 Å². The summed E-state index contributed by atoms with van der Waals surface area (Å²) in [6.07, 6.45) is 5.06. The summed E-state index contributed by atoms with van der Waals surface area (Å²) in [6.45, 7) is 0.482. The van der Waals surface area contributed by atoms with Crippen LogP contribution in [0.15, 0.2) is 18.2 Å². The van der Waals surface area contributed by atoms with Crippen LogP contribution in [0.3, 0.4) is 0 Å². The zero-order chi connectivity index (χ0) is 18.4. The lowest BCUT2D eigenvalue weighted by atomic mass is 10.1. The average molecular weight is 370 g/mol. The molecule has 0 atom stereocenters. The molecule has 1 saturated carbocycles. The third kappa shape index (κ3) is 4.85. The van der Waals surface area contributed by atoms with Gasteiger partial charge in [-0.05, 0) is 25.0 Å². The van der Waals surface area contributed by atoms with Gasteiger partial charge in [-0.25, -0.2) is 8.42 Å². The zero-order valence-electron chi connectivity index (χ0n) is 14.9. The molecule has 1 N–H and O–H groups in total. The summed E-state index contributed by atoms with van der Waals surface area (Å²) in [5, 5.41) is 2.77. The van der Waals surface area contributed by atoms with E-state index in [1.54, 1.807) is 18.2 Å². The molecule has 1 aromatic carbocycles. The highest BCUT2D eigenvalue weighted by atomic mass is 32.2. The van der Waals surface area contributed by atoms with Crippen molar-refractivity contribution in [3.8, 4) is 11.5 Å². The summed E-state index contributed by atoms with van der Waals surface area (Å²) in [6, 6.07) is 5.13. The number of rotatable bonds is 8. The third-order valence-electron chi connectivity index (χ3n) is 4.43. The van der Waals surface area contributed by atoms with E-state index in [1.165, 1.54) is 24.8 Å². The van der Waals surface area contributed by atoms with Crippen molar-refractivity contribution in [3.05, 3.63) is 23.8 Å². The first kappa shape index (κ1) is 19.5. The van der Waals surface area contributed by atoms with Crippen LogP contribution in [0.1, 0.15) is 36.0 Å². The Morgan fingerprint density at radius 3 is 2.24 bits per heavy atom. The fraction of sp³-hybridized carbons (Fsp3) is 0.588. The Kier molecular flexibility index (Phi) is 6.66. The Balaban J connectivity index is 2.04. The van der Waals surface area contributed by atoms with Gasteiger partial charge in [0.1, 0.15) is 17.1 Å². The van der Waals surface area contributed by atoms with Crippen molar-refractivity contribution in [3.63, 3.8) is 0 Å². The molecule has 0 radical (unpaired) electrons. The Hall–Kier alpha value is -1.80. The lowest BCUT2D eigenvalue weighted by Gasteiger charge is -2.26. The smallest absolute Gasteiger partial charge is 0.258 e. The zero-order valence-corrected chi connectivity index (χ0v) is 15.8. The number of carbonyl (C=O) groups excluding carboxylic acids is 1. The van der Waals surface area contributed by atoms with Crippen molar-refractivity contribution in [2.45, 2.75) is 31.7 Å². The normalized spacial score (nSPS) is 15.4. The van der Waals surface area contributed by atoms with Crippen LogP contribution >= 0.6 is 0 Å². The molecule has 0 heterocycles. The van der Waals surface area contributed by atoms with Crippen molar-refractivity contribution < 1.29 is 22.7 Å². The number of methoxy groups -OCH3 is 2. The van der Waals surface area contributed by atoms with Crippen molar-refractivity contribution in [2.75, 3.05) is 33.6 Å². The number of hydrogen-bond donors (Lipinski definition) is 1. The monoisotopic (exact) mass is 370 g/mol. The molecule has 140 valence electrons. The van der Waals surface area contributed by atoms with Gasteiger partial charge in [-0.15, -0.1) is 0 Å². The number of nitrogens with one attached hydrogen (secondary N) is 1. The fourth-order valence-corrected chi connectivity index (χ4v) is 4.43. The maximum atomic E-state index is 12.5. The van der Waals surface area contributed by atoms with Crippen LogP contribution in [0.5, 0.6) is 11.5 Å². The Morgan fingerprint density at radius 2 is 1.76 bits per heavy atom. The van der Waals surface area contributed by atoms with Gasteiger partial charge in [0, 0.05) is 19.1 Å². The minimum absolute atomic E-state index is 0.0349. The number of nitrogens with zero attached hydrogens (tertiary/aromatic N) is 1. The van der Waals surface area contributed by atoms with E-state index >= 15 is 0 Å². The number of hydrogen-bond acceptors (Lipinski definition) is 5. The second-order valence-electron chi connectivity index (χ2n) is 6.11. The number of sulfonamides is 1. The predicted octanol–water partition coefficient (Wildman–Crippen LogP) is 1.64. The van der Waals surface area contributed by atoms with Gasteiger partial charge in [0.2, 0.25) is 10.0 Å². The van der Waals surface area contributed by atoms with E-state index in [0.717, 1.165) is 25.7 Å². The highest BCUT2D eigenvalue weighted by Gasteiger charge is 2.29. The summed E-state index contributed by atoms with van der Waals surface area (Å²) in [7, 11) is -0.338. The first-order valence-electron chi connectivity index (χ1n) is 8.34. The van der Waals surface area contributed by atoms with Crippen LogP contribution in [0.2, 0.25) is 0 Å². The Morgan fingerprint density at radius 1 is 1.20 bits per heavy atom. The van der Waals surface area contributed by atoms with E-state index in [1.807, 2.05) is 0 Å². The Bertz CT molecular complexity index is 677. The minimum atomic E-state index is -3.30. The molecule has 2 rings (SSSR count). The average Bonchev–Trinajstić information content (AvgIpc) is 3.10. The lowest BCUT2D eigenvalue weighted by molar-refractivity contribution is 0.0944.